The van der Waals surface area contributed by atoms with Gasteiger partial charge in [-0.2, -0.15) is 0 Å². The van der Waals surface area contributed by atoms with Gasteiger partial charge in [-0.3, -0.25) is 4.79 Å². The summed E-state index contributed by atoms with van der Waals surface area (Å²) in [5.74, 6) is -0.0665. The minimum Gasteiger partial charge on any atom is -0.376 e. The van der Waals surface area contributed by atoms with Crippen LogP contribution in [-0.4, -0.2) is 37.2 Å². The van der Waals surface area contributed by atoms with Gasteiger partial charge < -0.3 is 15.0 Å². The molecule has 0 radical (unpaired) electrons. The maximum atomic E-state index is 12.4. The second-order valence-corrected chi connectivity index (χ2v) is 6.63. The van der Waals surface area contributed by atoms with Gasteiger partial charge in [0.1, 0.15) is 4.88 Å². The molecule has 1 amide bonds. The summed E-state index contributed by atoms with van der Waals surface area (Å²) in [6.45, 7) is 3.24. The summed E-state index contributed by atoms with van der Waals surface area (Å²) in [6, 6.07) is 10.00. The number of benzene rings is 1. The lowest BCUT2D eigenvalue weighted by Gasteiger charge is -2.15. The van der Waals surface area contributed by atoms with Crippen LogP contribution in [0.25, 0.3) is 0 Å². The lowest BCUT2D eigenvalue weighted by atomic mass is 10.2. The number of nitrogens with zero attached hydrogens (tertiary/aromatic N) is 2. The molecule has 0 aliphatic carbocycles. The normalized spacial score (nSPS) is 17.2. The van der Waals surface area contributed by atoms with Crippen LogP contribution in [0.5, 0.6) is 0 Å². The highest BCUT2D eigenvalue weighted by molar-refractivity contribution is 7.17. The van der Waals surface area contributed by atoms with Crippen LogP contribution in [0.4, 0.5) is 10.8 Å². The molecule has 1 aromatic heterocycles. The zero-order valence-electron chi connectivity index (χ0n) is 13.4. The van der Waals surface area contributed by atoms with Gasteiger partial charge in [-0.15, -0.1) is 0 Å². The lowest BCUT2D eigenvalue weighted by molar-refractivity contribution is 0.0860. The van der Waals surface area contributed by atoms with E-state index in [-0.39, 0.29) is 12.0 Å². The minimum absolute atomic E-state index is 0.0665. The van der Waals surface area contributed by atoms with Crippen LogP contribution >= 0.6 is 11.3 Å². The molecular weight excluding hydrogens is 310 g/mol. The summed E-state index contributed by atoms with van der Waals surface area (Å²) in [7, 11) is 1.96. The Kier molecular flexibility index (Phi) is 4.93. The summed E-state index contributed by atoms with van der Waals surface area (Å²) in [5.41, 5.74) is 1.81. The Labute approximate surface area is 140 Å². The molecule has 1 saturated heterocycles. The van der Waals surface area contributed by atoms with E-state index in [1.165, 1.54) is 11.3 Å². The van der Waals surface area contributed by atoms with Crippen LogP contribution in [0.1, 0.15) is 28.2 Å². The van der Waals surface area contributed by atoms with Crippen molar-refractivity contribution in [3.8, 4) is 0 Å². The van der Waals surface area contributed by atoms with Crippen molar-refractivity contribution in [2.75, 3.05) is 25.1 Å². The molecule has 3 rings (SSSR count). The van der Waals surface area contributed by atoms with Crippen LogP contribution < -0.4 is 10.2 Å². The van der Waals surface area contributed by atoms with E-state index in [2.05, 4.69) is 10.3 Å². The number of nitrogens with one attached hydrogen (secondary N) is 1. The lowest BCUT2D eigenvalue weighted by Crippen LogP contribution is -2.31. The molecule has 2 heterocycles. The number of amides is 1. The molecule has 2 aromatic rings. The van der Waals surface area contributed by atoms with Gasteiger partial charge in [0.15, 0.2) is 5.13 Å². The molecule has 23 heavy (non-hydrogen) atoms. The maximum Gasteiger partial charge on any atom is 0.263 e. The SMILES string of the molecule is Cc1nc(N(C)c2ccccc2)sc1C(=O)NC[C@@H]1CCCO1. The van der Waals surface area contributed by atoms with Gasteiger partial charge in [0, 0.05) is 25.9 Å². The predicted octanol–water partition coefficient (Wildman–Crippen LogP) is 3.13. The Bertz CT molecular complexity index is 666. The van der Waals surface area contributed by atoms with Crippen molar-refractivity contribution < 1.29 is 9.53 Å². The Balaban J connectivity index is 1.68. The average molecular weight is 331 g/mol. The second kappa shape index (κ2) is 7.10. The van der Waals surface area contributed by atoms with Crippen molar-refractivity contribution in [3.05, 3.63) is 40.9 Å². The number of carbonyl (C=O) groups is 1. The van der Waals surface area contributed by atoms with E-state index in [0.29, 0.717) is 11.4 Å². The predicted molar refractivity (Wildman–Crippen MR) is 92.7 cm³/mol. The van der Waals surface area contributed by atoms with Gasteiger partial charge in [-0.05, 0) is 31.9 Å². The van der Waals surface area contributed by atoms with Gasteiger partial charge in [-0.1, -0.05) is 29.5 Å². The summed E-state index contributed by atoms with van der Waals surface area (Å²) in [4.78, 5) is 19.6. The van der Waals surface area contributed by atoms with Crippen LogP contribution in [0.15, 0.2) is 30.3 Å². The van der Waals surface area contributed by atoms with Crippen molar-refractivity contribution in [3.63, 3.8) is 0 Å². The summed E-state index contributed by atoms with van der Waals surface area (Å²) in [5, 5.41) is 3.78. The fraction of sp³-hybridized carbons (Fsp3) is 0.412. The van der Waals surface area contributed by atoms with Gasteiger partial charge >= 0.3 is 0 Å². The number of ether oxygens (including phenoxy) is 1. The van der Waals surface area contributed by atoms with E-state index in [0.717, 1.165) is 36.0 Å². The van der Waals surface area contributed by atoms with Crippen molar-refractivity contribution in [1.82, 2.24) is 10.3 Å². The van der Waals surface area contributed by atoms with E-state index in [1.807, 2.05) is 49.2 Å². The van der Waals surface area contributed by atoms with Crippen LogP contribution in [0.3, 0.4) is 0 Å². The Morgan fingerprint density at radius 2 is 2.22 bits per heavy atom. The number of rotatable bonds is 5. The van der Waals surface area contributed by atoms with Crippen molar-refractivity contribution in [2.24, 2.45) is 0 Å². The highest BCUT2D eigenvalue weighted by Gasteiger charge is 2.20. The second-order valence-electron chi connectivity index (χ2n) is 5.65. The molecule has 1 aliphatic rings. The number of anilines is 2. The molecule has 1 atom stereocenters. The molecule has 0 spiro atoms. The molecule has 1 aromatic carbocycles. The molecule has 0 unspecified atom stereocenters. The fourth-order valence-electron chi connectivity index (χ4n) is 2.59. The number of thiazole rings is 1. The molecule has 122 valence electrons. The van der Waals surface area contributed by atoms with Crippen LogP contribution in [0, 0.1) is 6.92 Å². The van der Waals surface area contributed by atoms with Crippen molar-refractivity contribution in [2.45, 2.75) is 25.9 Å². The molecule has 0 saturated carbocycles. The largest absolute Gasteiger partial charge is 0.376 e. The number of para-hydroxylation sites is 1. The first-order valence-electron chi connectivity index (χ1n) is 7.81. The van der Waals surface area contributed by atoms with Crippen LogP contribution in [0.2, 0.25) is 0 Å². The average Bonchev–Trinajstić information content (AvgIpc) is 3.22. The Morgan fingerprint density at radius 1 is 1.43 bits per heavy atom. The summed E-state index contributed by atoms with van der Waals surface area (Å²) in [6.07, 6.45) is 2.24. The third-order valence-electron chi connectivity index (χ3n) is 3.94. The van der Waals surface area contributed by atoms with Crippen molar-refractivity contribution >= 4 is 28.1 Å². The van der Waals surface area contributed by atoms with E-state index >= 15 is 0 Å². The third-order valence-corrected chi connectivity index (χ3v) is 5.17. The van der Waals surface area contributed by atoms with E-state index in [4.69, 9.17) is 4.74 Å². The Hall–Kier alpha value is -1.92. The number of hydrogen-bond acceptors (Lipinski definition) is 5. The van der Waals surface area contributed by atoms with Gasteiger partial charge in [0.2, 0.25) is 0 Å². The first-order valence-corrected chi connectivity index (χ1v) is 8.63. The molecule has 1 aliphatic heterocycles. The highest BCUT2D eigenvalue weighted by Crippen LogP contribution is 2.30. The van der Waals surface area contributed by atoms with Gasteiger partial charge in [0.05, 0.1) is 11.8 Å². The standard InChI is InChI=1S/C17H21N3O2S/c1-12-15(16(21)18-11-14-9-6-10-22-14)23-17(19-12)20(2)13-7-4-3-5-8-13/h3-5,7-8,14H,6,9-11H2,1-2H3,(H,18,21)/t14-/m0/s1. The smallest absolute Gasteiger partial charge is 0.263 e. The highest BCUT2D eigenvalue weighted by atomic mass is 32.1. The molecule has 1 fully saturated rings. The topological polar surface area (TPSA) is 54.5 Å². The van der Waals surface area contributed by atoms with E-state index in [9.17, 15) is 4.79 Å². The van der Waals surface area contributed by atoms with Crippen LogP contribution in [-0.2, 0) is 4.74 Å². The maximum absolute atomic E-state index is 12.4. The molecule has 0 bridgehead atoms. The quantitative estimate of drug-likeness (QED) is 0.914. The minimum atomic E-state index is -0.0665. The zero-order valence-corrected chi connectivity index (χ0v) is 14.2. The third kappa shape index (κ3) is 3.71. The number of carbonyl (C=O) groups excluding carboxylic acids is 1. The molecule has 5 nitrogen and oxygen atoms in total. The molecule has 1 N–H and O–H groups in total. The first-order chi connectivity index (χ1) is 11.1. The van der Waals surface area contributed by atoms with Crippen molar-refractivity contribution in [1.29, 1.82) is 0 Å². The first kappa shape index (κ1) is 16.0. The van der Waals surface area contributed by atoms with E-state index < -0.39 is 0 Å². The number of hydrogen-bond donors (Lipinski definition) is 1. The fourth-order valence-corrected chi connectivity index (χ4v) is 3.56. The number of aromatic nitrogens is 1. The summed E-state index contributed by atoms with van der Waals surface area (Å²) < 4.78 is 5.54. The number of aryl methyl sites for hydroxylation is 1. The van der Waals surface area contributed by atoms with E-state index in [1.54, 1.807) is 0 Å². The summed E-state index contributed by atoms with van der Waals surface area (Å²) >= 11 is 1.41. The molecule has 6 heteroatoms. The van der Waals surface area contributed by atoms with Gasteiger partial charge in [-0.25, -0.2) is 4.98 Å². The zero-order chi connectivity index (χ0) is 16.2. The van der Waals surface area contributed by atoms with Gasteiger partial charge in [0.25, 0.3) is 5.91 Å². The Morgan fingerprint density at radius 3 is 2.91 bits per heavy atom. The molecular formula is C17H21N3O2S. The monoisotopic (exact) mass is 331 g/mol.